The first-order chi connectivity index (χ1) is 13.3. The topological polar surface area (TPSA) is 58.4 Å². The summed E-state index contributed by atoms with van der Waals surface area (Å²) in [5.74, 6) is 1.11. The summed E-state index contributed by atoms with van der Waals surface area (Å²) in [7, 11) is 0. The van der Waals surface area contributed by atoms with Crippen molar-refractivity contribution in [2.24, 2.45) is 5.92 Å². The van der Waals surface area contributed by atoms with Gasteiger partial charge in [-0.2, -0.15) is 9.78 Å². The van der Waals surface area contributed by atoms with Gasteiger partial charge >= 0.3 is 0 Å². The second-order valence-electron chi connectivity index (χ2n) is 6.98. The van der Waals surface area contributed by atoms with Gasteiger partial charge in [-0.25, -0.2) is 0 Å². The average Bonchev–Trinajstić information content (AvgIpc) is 3.34. The van der Waals surface area contributed by atoms with Crippen molar-refractivity contribution in [3.05, 3.63) is 46.7 Å². The van der Waals surface area contributed by atoms with Crippen molar-refractivity contribution in [1.29, 1.82) is 0 Å². The van der Waals surface area contributed by atoms with Gasteiger partial charge in [0.25, 0.3) is 0 Å². The number of hydrogen-bond donors (Lipinski definition) is 0. The summed E-state index contributed by atoms with van der Waals surface area (Å²) in [6.07, 6.45) is 3.71. The van der Waals surface area contributed by atoms with Crippen LogP contribution in [0.1, 0.15) is 17.7 Å². The third-order valence-corrected chi connectivity index (χ3v) is 5.39. The molecular weight excluding hydrogens is 366 g/mol. The minimum absolute atomic E-state index is 0.405. The predicted octanol–water partition coefficient (Wildman–Crippen LogP) is 3.56. The fourth-order valence-electron chi connectivity index (χ4n) is 3.63. The average molecular weight is 386 g/mol. The van der Waals surface area contributed by atoms with Crippen LogP contribution in [-0.4, -0.2) is 41.2 Å². The molecule has 2 aliphatic rings. The molecule has 7 heteroatoms. The number of rotatable bonds is 4. The van der Waals surface area contributed by atoms with Crippen molar-refractivity contribution in [2.75, 3.05) is 26.4 Å². The standard InChI is InChI=1S/C20H20ClN3O3/c21-14-1-3-15(4-2-14)24-20(27-11-13-5-7-25-10-13)16-9-22-18-6-8-26-12-17(18)19(16)23-24/h1-4,9,13H,5-8,10-12H2. The lowest BCUT2D eigenvalue weighted by Crippen LogP contribution is -2.14. The molecule has 140 valence electrons. The normalized spacial score (nSPS) is 19.4. The zero-order valence-corrected chi connectivity index (χ0v) is 15.6. The highest BCUT2D eigenvalue weighted by atomic mass is 35.5. The van der Waals surface area contributed by atoms with Gasteiger partial charge in [0.2, 0.25) is 5.88 Å². The van der Waals surface area contributed by atoms with Crippen molar-refractivity contribution in [3.8, 4) is 11.6 Å². The maximum Gasteiger partial charge on any atom is 0.226 e. The van der Waals surface area contributed by atoms with Crippen LogP contribution >= 0.6 is 11.6 Å². The molecule has 0 amide bonds. The third-order valence-electron chi connectivity index (χ3n) is 5.14. The summed E-state index contributed by atoms with van der Waals surface area (Å²) in [5.41, 5.74) is 3.91. The van der Waals surface area contributed by atoms with Gasteiger partial charge in [0.1, 0.15) is 5.52 Å². The van der Waals surface area contributed by atoms with Crippen LogP contribution in [0.3, 0.4) is 0 Å². The Labute approximate surface area is 162 Å². The van der Waals surface area contributed by atoms with Gasteiger partial charge in [-0.1, -0.05) is 11.6 Å². The van der Waals surface area contributed by atoms with Crippen LogP contribution in [0.15, 0.2) is 30.5 Å². The van der Waals surface area contributed by atoms with E-state index in [2.05, 4.69) is 4.98 Å². The van der Waals surface area contributed by atoms with Crippen molar-refractivity contribution in [3.63, 3.8) is 0 Å². The maximum atomic E-state index is 6.26. The first-order valence-electron chi connectivity index (χ1n) is 9.23. The summed E-state index contributed by atoms with van der Waals surface area (Å²) >= 11 is 6.06. The van der Waals surface area contributed by atoms with Crippen molar-refractivity contribution >= 4 is 22.5 Å². The van der Waals surface area contributed by atoms with Crippen molar-refractivity contribution < 1.29 is 14.2 Å². The molecule has 0 spiro atoms. The van der Waals surface area contributed by atoms with Crippen LogP contribution in [0.25, 0.3) is 16.6 Å². The minimum Gasteiger partial charge on any atom is -0.477 e. The first kappa shape index (κ1) is 17.0. The SMILES string of the molecule is Clc1ccc(-n2nc3c4c(ncc3c2OCC2CCOC2)CCOC4)cc1. The summed E-state index contributed by atoms with van der Waals surface area (Å²) in [6, 6.07) is 7.59. The first-order valence-corrected chi connectivity index (χ1v) is 9.61. The second kappa shape index (κ2) is 7.11. The number of halogens is 1. The molecule has 4 heterocycles. The van der Waals surface area contributed by atoms with E-state index < -0.39 is 0 Å². The van der Waals surface area contributed by atoms with E-state index in [-0.39, 0.29) is 0 Å². The van der Waals surface area contributed by atoms with Crippen LogP contribution in [-0.2, 0) is 22.5 Å². The molecular formula is C20H20ClN3O3. The lowest BCUT2D eigenvalue weighted by atomic mass is 10.1. The van der Waals surface area contributed by atoms with E-state index in [0.717, 1.165) is 53.9 Å². The molecule has 1 fully saturated rings. The van der Waals surface area contributed by atoms with Crippen LogP contribution in [0, 0.1) is 5.92 Å². The largest absolute Gasteiger partial charge is 0.477 e. The summed E-state index contributed by atoms with van der Waals surface area (Å²) < 4.78 is 19.2. The summed E-state index contributed by atoms with van der Waals surface area (Å²) in [4.78, 5) is 4.65. The highest BCUT2D eigenvalue weighted by Gasteiger charge is 2.24. The van der Waals surface area contributed by atoms with Gasteiger partial charge in [-0.05, 0) is 30.7 Å². The number of fused-ring (bicyclic) bond motifs is 3. The summed E-state index contributed by atoms with van der Waals surface area (Å²) in [6.45, 7) is 3.38. The van der Waals surface area contributed by atoms with Crippen molar-refractivity contribution in [1.82, 2.24) is 14.8 Å². The predicted molar refractivity (Wildman–Crippen MR) is 102 cm³/mol. The molecule has 6 nitrogen and oxygen atoms in total. The Bertz CT molecular complexity index is 965. The van der Waals surface area contributed by atoms with Gasteiger partial charge in [0, 0.05) is 35.7 Å². The van der Waals surface area contributed by atoms with Crippen LogP contribution in [0.4, 0.5) is 0 Å². The molecule has 1 atom stereocenters. The van der Waals surface area contributed by atoms with Crippen LogP contribution in [0.2, 0.25) is 5.02 Å². The fourth-order valence-corrected chi connectivity index (χ4v) is 3.75. The summed E-state index contributed by atoms with van der Waals surface area (Å²) in [5, 5.41) is 6.47. The fraction of sp³-hybridized carbons (Fsp3) is 0.400. The lowest BCUT2D eigenvalue weighted by Gasteiger charge is -2.15. The Kier molecular flexibility index (Phi) is 4.47. The van der Waals surface area contributed by atoms with E-state index >= 15 is 0 Å². The Morgan fingerprint density at radius 3 is 2.89 bits per heavy atom. The van der Waals surface area contributed by atoms with Gasteiger partial charge < -0.3 is 14.2 Å². The molecule has 27 heavy (non-hydrogen) atoms. The second-order valence-corrected chi connectivity index (χ2v) is 7.42. The highest BCUT2D eigenvalue weighted by molar-refractivity contribution is 6.30. The Morgan fingerprint density at radius 2 is 2.07 bits per heavy atom. The molecule has 0 saturated carbocycles. The molecule has 0 bridgehead atoms. The number of ether oxygens (including phenoxy) is 3. The van der Waals surface area contributed by atoms with Gasteiger partial charge in [-0.15, -0.1) is 0 Å². The molecule has 0 aliphatic carbocycles. The van der Waals surface area contributed by atoms with E-state index in [1.54, 1.807) is 0 Å². The molecule has 2 aliphatic heterocycles. The van der Waals surface area contributed by atoms with Gasteiger partial charge in [0.15, 0.2) is 0 Å². The van der Waals surface area contributed by atoms with Gasteiger partial charge in [0.05, 0.1) is 43.2 Å². The van der Waals surface area contributed by atoms with Crippen molar-refractivity contribution in [2.45, 2.75) is 19.4 Å². The quantitative estimate of drug-likeness (QED) is 0.687. The molecule has 1 unspecified atom stereocenters. The van der Waals surface area contributed by atoms with E-state index in [1.807, 2.05) is 35.1 Å². The van der Waals surface area contributed by atoms with Crippen LogP contribution in [0.5, 0.6) is 5.88 Å². The Balaban J connectivity index is 1.61. The lowest BCUT2D eigenvalue weighted by molar-refractivity contribution is 0.110. The Morgan fingerprint density at radius 1 is 1.19 bits per heavy atom. The smallest absolute Gasteiger partial charge is 0.226 e. The maximum absolute atomic E-state index is 6.26. The number of hydrogen-bond acceptors (Lipinski definition) is 5. The van der Waals surface area contributed by atoms with Gasteiger partial charge in [-0.3, -0.25) is 4.98 Å². The monoisotopic (exact) mass is 385 g/mol. The molecule has 0 radical (unpaired) electrons. The molecule has 2 aromatic heterocycles. The number of aromatic nitrogens is 3. The van der Waals surface area contributed by atoms with E-state index in [1.165, 1.54) is 0 Å². The highest BCUT2D eigenvalue weighted by Crippen LogP contribution is 2.33. The van der Waals surface area contributed by atoms with E-state index in [4.69, 9.17) is 30.9 Å². The third kappa shape index (κ3) is 3.18. The van der Waals surface area contributed by atoms with E-state index in [9.17, 15) is 0 Å². The van der Waals surface area contributed by atoms with Crippen LogP contribution < -0.4 is 4.74 Å². The number of benzene rings is 1. The number of pyridine rings is 1. The molecule has 1 saturated heterocycles. The molecule has 5 rings (SSSR count). The number of nitrogens with zero attached hydrogens (tertiary/aromatic N) is 3. The minimum atomic E-state index is 0.405. The molecule has 3 aromatic rings. The zero-order chi connectivity index (χ0) is 18.2. The zero-order valence-electron chi connectivity index (χ0n) is 14.9. The molecule has 1 aromatic carbocycles. The van der Waals surface area contributed by atoms with E-state index in [0.29, 0.717) is 36.6 Å². The molecule has 0 N–H and O–H groups in total. The Hall–Kier alpha value is -2.15.